The monoisotopic (exact) mass is 386 g/mol. The normalized spacial score (nSPS) is 30.0. The third-order valence-electron chi connectivity index (χ3n) is 7.24. The number of carbonyl (C=O) groups excluding carboxylic acids is 1. The highest BCUT2D eigenvalue weighted by atomic mass is 16.1. The molecule has 29 heavy (non-hydrogen) atoms. The average molecular weight is 386 g/mol. The zero-order chi connectivity index (χ0) is 19.5. The fourth-order valence-electron chi connectivity index (χ4n) is 5.92. The SMILES string of the molecule is Cc1nc[nH]c1CC1CCC2C3=CNCC=C3N3C2=C1C(=O)C=C1C=CCCC13. The molecular formula is C24H26N4O. The fraction of sp³-hybridized carbons (Fsp3) is 0.417. The topological polar surface area (TPSA) is 61.0 Å². The third kappa shape index (κ3) is 2.46. The molecular weight excluding hydrogens is 360 g/mol. The number of aryl methyl sites for hydroxylation is 1. The Kier molecular flexibility index (Phi) is 3.73. The first-order valence-electron chi connectivity index (χ1n) is 10.8. The van der Waals surface area contributed by atoms with Gasteiger partial charge in [0.15, 0.2) is 5.78 Å². The summed E-state index contributed by atoms with van der Waals surface area (Å²) in [6.45, 7) is 2.90. The number of aromatic amines is 1. The Balaban J connectivity index is 1.53. The minimum Gasteiger partial charge on any atom is -0.387 e. The van der Waals surface area contributed by atoms with Gasteiger partial charge in [-0.3, -0.25) is 4.79 Å². The molecule has 3 atom stereocenters. The number of imidazole rings is 1. The van der Waals surface area contributed by atoms with E-state index in [9.17, 15) is 4.79 Å². The number of rotatable bonds is 2. The number of hydrogen-bond acceptors (Lipinski definition) is 4. The van der Waals surface area contributed by atoms with Gasteiger partial charge in [0.2, 0.25) is 0 Å². The number of ketones is 1. The van der Waals surface area contributed by atoms with Gasteiger partial charge in [-0.05, 0) is 62.7 Å². The van der Waals surface area contributed by atoms with Crippen LogP contribution in [0.15, 0.2) is 64.9 Å². The summed E-state index contributed by atoms with van der Waals surface area (Å²) in [5.74, 6) is 0.796. The van der Waals surface area contributed by atoms with Crippen molar-refractivity contribution < 1.29 is 4.79 Å². The Labute approximate surface area is 171 Å². The van der Waals surface area contributed by atoms with Crippen LogP contribution in [0, 0.1) is 18.8 Å². The molecule has 3 aliphatic heterocycles. The number of aromatic nitrogens is 2. The van der Waals surface area contributed by atoms with E-state index in [1.807, 2.05) is 13.0 Å². The third-order valence-corrected chi connectivity index (χ3v) is 7.24. The molecule has 0 aromatic carbocycles. The second-order valence-corrected chi connectivity index (χ2v) is 8.77. The highest BCUT2D eigenvalue weighted by Crippen LogP contribution is 2.54. The van der Waals surface area contributed by atoms with Crippen LogP contribution in [0.25, 0.3) is 0 Å². The number of nitrogens with one attached hydrogen (secondary N) is 2. The van der Waals surface area contributed by atoms with E-state index in [1.54, 1.807) is 6.33 Å². The molecule has 5 heteroatoms. The molecule has 0 bridgehead atoms. The van der Waals surface area contributed by atoms with Crippen LogP contribution in [0.5, 0.6) is 0 Å². The van der Waals surface area contributed by atoms with Crippen molar-refractivity contribution in [1.29, 1.82) is 0 Å². The van der Waals surface area contributed by atoms with Crippen LogP contribution in [0.3, 0.4) is 0 Å². The zero-order valence-electron chi connectivity index (χ0n) is 16.7. The number of fused-ring (bicyclic) bond motifs is 5. The van der Waals surface area contributed by atoms with Crippen LogP contribution in [-0.4, -0.2) is 33.2 Å². The van der Waals surface area contributed by atoms with E-state index >= 15 is 0 Å². The maximum Gasteiger partial charge on any atom is 0.184 e. The van der Waals surface area contributed by atoms with Crippen LogP contribution < -0.4 is 5.32 Å². The molecule has 2 N–H and O–H groups in total. The summed E-state index contributed by atoms with van der Waals surface area (Å²) >= 11 is 0. The summed E-state index contributed by atoms with van der Waals surface area (Å²) in [5.41, 5.74) is 8.42. The largest absolute Gasteiger partial charge is 0.387 e. The summed E-state index contributed by atoms with van der Waals surface area (Å²) in [6.07, 6.45) is 17.7. The quantitative estimate of drug-likeness (QED) is 0.817. The zero-order valence-corrected chi connectivity index (χ0v) is 16.7. The van der Waals surface area contributed by atoms with Crippen molar-refractivity contribution >= 4 is 5.78 Å². The van der Waals surface area contributed by atoms with Gasteiger partial charge in [0.25, 0.3) is 0 Å². The van der Waals surface area contributed by atoms with Crippen LogP contribution in [0.2, 0.25) is 0 Å². The van der Waals surface area contributed by atoms with E-state index in [-0.39, 0.29) is 17.7 Å². The van der Waals surface area contributed by atoms with Crippen molar-refractivity contribution in [1.82, 2.24) is 20.2 Å². The summed E-state index contributed by atoms with van der Waals surface area (Å²) in [7, 11) is 0. The highest BCUT2D eigenvalue weighted by molar-refractivity contribution is 6.06. The van der Waals surface area contributed by atoms with E-state index in [2.05, 4.69) is 44.6 Å². The number of allylic oxidation sites excluding steroid dienone is 5. The summed E-state index contributed by atoms with van der Waals surface area (Å²) in [5, 5.41) is 3.41. The van der Waals surface area contributed by atoms with Gasteiger partial charge < -0.3 is 15.2 Å². The number of dihydropyridines is 1. The molecule has 0 spiro atoms. The van der Waals surface area contributed by atoms with Gasteiger partial charge in [-0.15, -0.1) is 0 Å². The lowest BCUT2D eigenvalue weighted by molar-refractivity contribution is -0.112. The molecule has 2 aliphatic carbocycles. The lowest BCUT2D eigenvalue weighted by Crippen LogP contribution is -2.35. The Morgan fingerprint density at radius 3 is 3.07 bits per heavy atom. The minimum atomic E-state index is 0.216. The molecule has 5 aliphatic rings. The van der Waals surface area contributed by atoms with Crippen molar-refractivity contribution in [2.24, 2.45) is 11.8 Å². The van der Waals surface area contributed by atoms with Crippen LogP contribution in [0.1, 0.15) is 37.1 Å². The van der Waals surface area contributed by atoms with E-state index in [4.69, 9.17) is 0 Å². The molecule has 3 unspecified atom stereocenters. The van der Waals surface area contributed by atoms with Crippen molar-refractivity contribution in [3.05, 3.63) is 76.3 Å². The van der Waals surface area contributed by atoms with Gasteiger partial charge in [-0.25, -0.2) is 4.98 Å². The minimum absolute atomic E-state index is 0.216. The molecule has 0 amide bonds. The maximum absolute atomic E-state index is 13.6. The summed E-state index contributed by atoms with van der Waals surface area (Å²) in [6, 6.07) is 0.279. The molecule has 6 rings (SSSR count). The predicted octanol–water partition coefficient (Wildman–Crippen LogP) is 3.46. The lowest BCUT2D eigenvalue weighted by atomic mass is 9.75. The van der Waals surface area contributed by atoms with Crippen LogP contribution in [-0.2, 0) is 11.2 Å². The van der Waals surface area contributed by atoms with E-state index < -0.39 is 0 Å². The lowest BCUT2D eigenvalue weighted by Gasteiger charge is -2.37. The van der Waals surface area contributed by atoms with E-state index in [0.717, 1.165) is 55.6 Å². The molecule has 1 fully saturated rings. The Hall–Kier alpha value is -2.82. The van der Waals surface area contributed by atoms with E-state index in [0.29, 0.717) is 5.92 Å². The first-order valence-corrected chi connectivity index (χ1v) is 10.8. The Morgan fingerprint density at radius 2 is 2.21 bits per heavy atom. The van der Waals surface area contributed by atoms with Crippen molar-refractivity contribution in [2.45, 2.75) is 45.1 Å². The highest BCUT2D eigenvalue weighted by Gasteiger charge is 2.48. The fourth-order valence-corrected chi connectivity index (χ4v) is 5.92. The van der Waals surface area contributed by atoms with Gasteiger partial charge in [0, 0.05) is 46.9 Å². The summed E-state index contributed by atoms with van der Waals surface area (Å²) < 4.78 is 0. The van der Waals surface area contributed by atoms with Gasteiger partial charge in [0.05, 0.1) is 18.1 Å². The van der Waals surface area contributed by atoms with E-state index in [1.165, 1.54) is 22.5 Å². The first kappa shape index (κ1) is 17.1. The van der Waals surface area contributed by atoms with Gasteiger partial charge in [-0.1, -0.05) is 12.2 Å². The second kappa shape index (κ2) is 6.34. The first-order chi connectivity index (χ1) is 14.2. The van der Waals surface area contributed by atoms with Gasteiger partial charge in [0.1, 0.15) is 0 Å². The Morgan fingerprint density at radius 1 is 1.28 bits per heavy atom. The van der Waals surface area contributed by atoms with Gasteiger partial charge in [-0.2, -0.15) is 0 Å². The number of H-pyrrole nitrogens is 1. The molecule has 1 aromatic rings. The number of nitrogens with zero attached hydrogens (tertiary/aromatic N) is 2. The predicted molar refractivity (Wildman–Crippen MR) is 112 cm³/mol. The van der Waals surface area contributed by atoms with Crippen LogP contribution >= 0.6 is 0 Å². The molecule has 0 radical (unpaired) electrons. The smallest absolute Gasteiger partial charge is 0.184 e. The van der Waals surface area contributed by atoms with Crippen molar-refractivity contribution in [3.63, 3.8) is 0 Å². The molecule has 4 heterocycles. The number of hydrogen-bond donors (Lipinski definition) is 2. The van der Waals surface area contributed by atoms with Crippen molar-refractivity contribution in [2.75, 3.05) is 6.54 Å². The Bertz CT molecular complexity index is 1050. The number of carbonyl (C=O) groups is 1. The second-order valence-electron chi connectivity index (χ2n) is 8.77. The van der Waals surface area contributed by atoms with Crippen LogP contribution in [0.4, 0.5) is 0 Å². The summed E-state index contributed by atoms with van der Waals surface area (Å²) in [4.78, 5) is 23.8. The van der Waals surface area contributed by atoms with Gasteiger partial charge >= 0.3 is 0 Å². The molecule has 148 valence electrons. The molecule has 1 aromatic heterocycles. The molecule has 5 nitrogen and oxygen atoms in total. The van der Waals surface area contributed by atoms with Crippen molar-refractivity contribution in [3.8, 4) is 0 Å². The standard InChI is InChI=1S/C24H26N4O/c1-14-19(27-13-26-14)10-16-6-7-17-18-12-25-9-8-21(18)28-20-5-3-2-4-15(20)11-22(29)23(16)24(17)28/h2,4,8,11-13,16-17,20,25H,3,5-7,9-10H2,1H3,(H,26,27). The molecule has 1 saturated heterocycles. The maximum atomic E-state index is 13.6. The molecule has 0 saturated carbocycles. The average Bonchev–Trinajstić information content (AvgIpc) is 3.25.